The molecule has 0 unspecified atom stereocenters. The van der Waals surface area contributed by atoms with Crippen molar-refractivity contribution in [2.75, 3.05) is 23.7 Å². The molecule has 1 rings (SSSR count). The van der Waals surface area contributed by atoms with E-state index in [0.717, 1.165) is 0 Å². The molecule has 8 heteroatoms. The second kappa shape index (κ2) is 9.73. The Hall–Kier alpha value is -2.12. The number of carbonyl (C=O) groups excluding carboxylic acids is 3. The van der Waals surface area contributed by atoms with E-state index in [-0.39, 0.29) is 37.3 Å². The van der Waals surface area contributed by atoms with E-state index in [9.17, 15) is 14.4 Å². The van der Waals surface area contributed by atoms with Crippen molar-refractivity contribution in [2.24, 2.45) is 5.73 Å². The molecule has 0 aliphatic heterocycles. The largest absolute Gasteiger partial charge is 0.346 e. The molecule has 3 amide bonds. The highest BCUT2D eigenvalue weighted by atomic mass is 35.5. The van der Waals surface area contributed by atoms with E-state index in [2.05, 4.69) is 16.0 Å². The molecule has 7 nitrogen and oxygen atoms in total. The molecule has 0 heterocycles. The molecule has 0 bridgehead atoms. The number of carbonyl (C=O) groups is 3. The Labute approximate surface area is 129 Å². The van der Waals surface area contributed by atoms with Crippen LogP contribution in [0.2, 0.25) is 0 Å². The van der Waals surface area contributed by atoms with E-state index >= 15 is 0 Å². The van der Waals surface area contributed by atoms with Crippen molar-refractivity contribution in [2.45, 2.75) is 13.3 Å². The van der Waals surface area contributed by atoms with Gasteiger partial charge >= 0.3 is 0 Å². The number of nitrogens with two attached hydrogens (primary N) is 1. The average molecular weight is 315 g/mol. The number of rotatable bonds is 6. The van der Waals surface area contributed by atoms with Gasteiger partial charge in [0.2, 0.25) is 17.7 Å². The summed E-state index contributed by atoms with van der Waals surface area (Å²) in [4.78, 5) is 33.6. The fourth-order valence-electron chi connectivity index (χ4n) is 1.34. The molecule has 21 heavy (non-hydrogen) atoms. The molecular formula is C13H19ClN4O3. The van der Waals surface area contributed by atoms with Gasteiger partial charge in [0.25, 0.3) is 0 Å². The van der Waals surface area contributed by atoms with Crippen molar-refractivity contribution in [3.63, 3.8) is 0 Å². The van der Waals surface area contributed by atoms with Crippen LogP contribution in [0.4, 0.5) is 11.4 Å². The maximum atomic E-state index is 11.5. The summed E-state index contributed by atoms with van der Waals surface area (Å²) in [6.45, 7) is 1.48. The maximum Gasteiger partial charge on any atom is 0.243 e. The van der Waals surface area contributed by atoms with Crippen LogP contribution in [-0.4, -0.2) is 30.8 Å². The van der Waals surface area contributed by atoms with Gasteiger partial charge in [0.05, 0.1) is 13.1 Å². The van der Waals surface area contributed by atoms with Gasteiger partial charge in [-0.2, -0.15) is 0 Å². The first-order valence-corrected chi connectivity index (χ1v) is 6.21. The number of amides is 3. The molecule has 116 valence electrons. The van der Waals surface area contributed by atoms with Crippen molar-refractivity contribution in [3.8, 4) is 0 Å². The smallest absolute Gasteiger partial charge is 0.243 e. The zero-order valence-corrected chi connectivity index (χ0v) is 12.5. The summed E-state index contributed by atoms with van der Waals surface area (Å²) in [5.74, 6) is -0.818. The van der Waals surface area contributed by atoms with Gasteiger partial charge in [-0.05, 0) is 24.3 Å². The molecule has 1 aromatic rings. The minimum absolute atomic E-state index is 0. The Bertz CT molecular complexity index is 491. The van der Waals surface area contributed by atoms with Crippen LogP contribution in [0, 0.1) is 0 Å². The first kappa shape index (κ1) is 18.9. The molecule has 0 saturated heterocycles. The molecule has 5 N–H and O–H groups in total. The highest BCUT2D eigenvalue weighted by molar-refractivity contribution is 5.95. The van der Waals surface area contributed by atoms with E-state index in [1.54, 1.807) is 31.2 Å². The molecule has 0 aliphatic rings. The summed E-state index contributed by atoms with van der Waals surface area (Å²) in [6.07, 6.45) is 0.402. The standard InChI is InChI=1S/C13H18N4O3.ClH/c1-2-11(18)16-9-3-5-10(6-4-9)17-13(20)8-15-12(19)7-14;/h3-6H,2,7-8,14H2,1H3,(H,15,19)(H,16,18)(H,17,20);1H. The molecule has 0 saturated carbocycles. The minimum atomic E-state index is -0.391. The van der Waals surface area contributed by atoms with E-state index in [1.165, 1.54) is 0 Å². The third-order valence-electron chi connectivity index (χ3n) is 2.41. The summed E-state index contributed by atoms with van der Waals surface area (Å²) in [6, 6.07) is 6.69. The molecule has 0 radical (unpaired) electrons. The maximum absolute atomic E-state index is 11.5. The molecule has 0 atom stereocenters. The normalized spacial score (nSPS) is 9.24. The SMILES string of the molecule is CCC(=O)Nc1ccc(NC(=O)CNC(=O)CN)cc1.Cl. The van der Waals surface area contributed by atoms with Gasteiger partial charge in [-0.3, -0.25) is 14.4 Å². The predicted molar refractivity (Wildman–Crippen MR) is 83.3 cm³/mol. The van der Waals surface area contributed by atoms with Crippen LogP contribution >= 0.6 is 12.4 Å². The number of anilines is 2. The predicted octanol–water partition coefficient (Wildman–Crippen LogP) is 0.470. The van der Waals surface area contributed by atoms with Gasteiger partial charge in [-0.25, -0.2) is 0 Å². The summed E-state index contributed by atoms with van der Waals surface area (Å²) in [7, 11) is 0. The zero-order valence-electron chi connectivity index (χ0n) is 11.6. The lowest BCUT2D eigenvalue weighted by atomic mass is 10.2. The van der Waals surface area contributed by atoms with Crippen molar-refractivity contribution < 1.29 is 14.4 Å². The van der Waals surface area contributed by atoms with Gasteiger partial charge in [0.15, 0.2) is 0 Å². The second-order valence-corrected chi connectivity index (χ2v) is 4.01. The first-order chi connectivity index (χ1) is 9.55. The molecule has 0 spiro atoms. The van der Waals surface area contributed by atoms with Crippen LogP contribution in [-0.2, 0) is 14.4 Å². The Balaban J connectivity index is 0.00000400. The van der Waals surface area contributed by atoms with Gasteiger partial charge in [-0.15, -0.1) is 12.4 Å². The number of nitrogens with one attached hydrogen (secondary N) is 3. The van der Waals surface area contributed by atoms with E-state index in [0.29, 0.717) is 17.8 Å². The number of hydrogen-bond donors (Lipinski definition) is 4. The van der Waals surface area contributed by atoms with E-state index in [4.69, 9.17) is 5.73 Å². The Kier molecular flexibility index (Phi) is 8.75. The minimum Gasteiger partial charge on any atom is -0.346 e. The van der Waals surface area contributed by atoms with Gasteiger partial charge < -0.3 is 21.7 Å². The van der Waals surface area contributed by atoms with Crippen LogP contribution in [0.3, 0.4) is 0 Å². The summed E-state index contributed by atoms with van der Waals surface area (Å²) < 4.78 is 0. The average Bonchev–Trinajstić information content (AvgIpc) is 2.46. The van der Waals surface area contributed by atoms with Crippen molar-refractivity contribution in [1.82, 2.24) is 5.32 Å². The molecule has 0 fully saturated rings. The molecule has 0 aliphatic carbocycles. The molecule has 1 aromatic carbocycles. The van der Waals surface area contributed by atoms with Crippen LogP contribution in [0.1, 0.15) is 13.3 Å². The Morgan fingerprint density at radius 3 is 1.86 bits per heavy atom. The Morgan fingerprint density at radius 2 is 1.43 bits per heavy atom. The van der Waals surface area contributed by atoms with Crippen LogP contribution in [0.15, 0.2) is 24.3 Å². The fourth-order valence-corrected chi connectivity index (χ4v) is 1.34. The lowest BCUT2D eigenvalue weighted by molar-refractivity contribution is -0.123. The van der Waals surface area contributed by atoms with Gasteiger partial charge in [-0.1, -0.05) is 6.92 Å². The van der Waals surface area contributed by atoms with E-state index < -0.39 is 5.91 Å². The fraction of sp³-hybridized carbons (Fsp3) is 0.308. The van der Waals surface area contributed by atoms with Crippen LogP contribution < -0.4 is 21.7 Å². The quantitative estimate of drug-likeness (QED) is 0.611. The second-order valence-electron chi connectivity index (χ2n) is 4.01. The highest BCUT2D eigenvalue weighted by Gasteiger charge is 2.05. The highest BCUT2D eigenvalue weighted by Crippen LogP contribution is 2.13. The number of hydrogen-bond acceptors (Lipinski definition) is 4. The van der Waals surface area contributed by atoms with Crippen molar-refractivity contribution >= 4 is 41.5 Å². The third-order valence-corrected chi connectivity index (χ3v) is 2.41. The summed E-state index contributed by atoms with van der Waals surface area (Å²) in [5, 5.41) is 7.67. The van der Waals surface area contributed by atoms with Gasteiger partial charge in [0, 0.05) is 17.8 Å². The lowest BCUT2D eigenvalue weighted by Crippen LogP contribution is -2.36. The zero-order chi connectivity index (χ0) is 15.0. The topological polar surface area (TPSA) is 113 Å². The third kappa shape index (κ3) is 7.28. The molecular weight excluding hydrogens is 296 g/mol. The van der Waals surface area contributed by atoms with Crippen molar-refractivity contribution in [3.05, 3.63) is 24.3 Å². The van der Waals surface area contributed by atoms with E-state index in [1.807, 2.05) is 0 Å². The summed E-state index contributed by atoms with van der Waals surface area (Å²) in [5.41, 5.74) is 6.33. The summed E-state index contributed by atoms with van der Waals surface area (Å²) >= 11 is 0. The van der Waals surface area contributed by atoms with Crippen LogP contribution in [0.25, 0.3) is 0 Å². The van der Waals surface area contributed by atoms with Gasteiger partial charge in [0.1, 0.15) is 0 Å². The van der Waals surface area contributed by atoms with Crippen molar-refractivity contribution in [1.29, 1.82) is 0 Å². The van der Waals surface area contributed by atoms with Crippen LogP contribution in [0.5, 0.6) is 0 Å². The first-order valence-electron chi connectivity index (χ1n) is 6.21. The molecule has 0 aromatic heterocycles. The number of halogens is 1. The Morgan fingerprint density at radius 1 is 0.952 bits per heavy atom. The monoisotopic (exact) mass is 314 g/mol. The lowest BCUT2D eigenvalue weighted by Gasteiger charge is -2.08. The number of benzene rings is 1.